The smallest absolute Gasteiger partial charge is 0.106 e. The molecule has 0 unspecified atom stereocenters. The van der Waals surface area contributed by atoms with Crippen LogP contribution in [0.5, 0.6) is 0 Å². The summed E-state index contributed by atoms with van der Waals surface area (Å²) in [6.45, 7) is 2.78. The number of nitrogens with zero attached hydrogens (tertiary/aromatic N) is 1. The van der Waals surface area contributed by atoms with Crippen LogP contribution >= 0.6 is 11.3 Å². The molecular formula is C9H17N3S. The molecular weight excluding hydrogens is 182 g/mol. The third-order valence-corrected chi connectivity index (χ3v) is 2.60. The van der Waals surface area contributed by atoms with Gasteiger partial charge in [0.2, 0.25) is 0 Å². The molecule has 3 nitrogen and oxygen atoms in total. The lowest BCUT2D eigenvalue weighted by molar-refractivity contribution is 0.605. The van der Waals surface area contributed by atoms with Crippen molar-refractivity contribution >= 4 is 11.3 Å². The van der Waals surface area contributed by atoms with E-state index in [1.807, 2.05) is 11.6 Å². The molecule has 1 heterocycles. The molecule has 0 atom stereocenters. The van der Waals surface area contributed by atoms with Crippen molar-refractivity contribution in [3.63, 3.8) is 0 Å². The van der Waals surface area contributed by atoms with Gasteiger partial charge in [0.05, 0.1) is 0 Å². The normalized spacial score (nSPS) is 10.5. The van der Waals surface area contributed by atoms with E-state index in [1.54, 1.807) is 11.3 Å². The van der Waals surface area contributed by atoms with Gasteiger partial charge in [-0.3, -0.25) is 0 Å². The summed E-state index contributed by atoms with van der Waals surface area (Å²) in [5.74, 6) is 0. The second kappa shape index (κ2) is 7.00. The SMILES string of the molecule is NCCCCCNCc1nccs1. The lowest BCUT2D eigenvalue weighted by atomic mass is 10.2. The number of hydrogen-bond donors (Lipinski definition) is 2. The fourth-order valence-electron chi connectivity index (χ4n) is 1.11. The average Bonchev–Trinajstić information content (AvgIpc) is 2.63. The predicted octanol–water partition coefficient (Wildman–Crippen LogP) is 1.36. The van der Waals surface area contributed by atoms with Crippen LogP contribution in [0.15, 0.2) is 11.6 Å². The van der Waals surface area contributed by atoms with Gasteiger partial charge in [-0.1, -0.05) is 6.42 Å². The van der Waals surface area contributed by atoms with E-state index >= 15 is 0 Å². The van der Waals surface area contributed by atoms with Crippen LogP contribution in [0.2, 0.25) is 0 Å². The Hall–Kier alpha value is -0.450. The van der Waals surface area contributed by atoms with E-state index in [1.165, 1.54) is 17.8 Å². The standard InChI is InChI=1S/C9H17N3S/c10-4-2-1-3-5-11-8-9-12-6-7-13-9/h6-7,11H,1-5,8,10H2. The Morgan fingerprint density at radius 3 is 3.00 bits per heavy atom. The van der Waals surface area contributed by atoms with Crippen molar-refractivity contribution in [2.24, 2.45) is 5.73 Å². The minimum absolute atomic E-state index is 0.812. The maximum Gasteiger partial charge on any atom is 0.106 e. The zero-order chi connectivity index (χ0) is 9.36. The minimum atomic E-state index is 0.812. The van der Waals surface area contributed by atoms with Gasteiger partial charge in [0.25, 0.3) is 0 Å². The number of aromatic nitrogens is 1. The number of thiazole rings is 1. The van der Waals surface area contributed by atoms with Crippen molar-refractivity contribution in [3.05, 3.63) is 16.6 Å². The van der Waals surface area contributed by atoms with E-state index in [2.05, 4.69) is 10.3 Å². The van der Waals surface area contributed by atoms with E-state index < -0.39 is 0 Å². The summed E-state index contributed by atoms with van der Waals surface area (Å²) >= 11 is 1.70. The molecule has 0 aliphatic carbocycles. The van der Waals surface area contributed by atoms with E-state index in [0.717, 1.165) is 26.1 Å². The summed E-state index contributed by atoms with van der Waals surface area (Å²) in [6.07, 6.45) is 5.42. The highest BCUT2D eigenvalue weighted by Crippen LogP contribution is 2.02. The number of hydrogen-bond acceptors (Lipinski definition) is 4. The number of rotatable bonds is 7. The summed E-state index contributed by atoms with van der Waals surface area (Å²) < 4.78 is 0. The third kappa shape index (κ3) is 4.98. The predicted molar refractivity (Wildman–Crippen MR) is 56.7 cm³/mol. The molecule has 0 bridgehead atoms. The highest BCUT2D eigenvalue weighted by atomic mass is 32.1. The zero-order valence-electron chi connectivity index (χ0n) is 7.83. The first-order valence-corrected chi connectivity index (χ1v) is 5.60. The average molecular weight is 199 g/mol. The van der Waals surface area contributed by atoms with Crippen molar-refractivity contribution in [3.8, 4) is 0 Å². The maximum atomic E-state index is 5.39. The van der Waals surface area contributed by atoms with Crippen molar-refractivity contribution in [2.45, 2.75) is 25.8 Å². The Morgan fingerprint density at radius 2 is 2.31 bits per heavy atom. The summed E-state index contributed by atoms with van der Waals surface area (Å²) in [7, 11) is 0. The monoisotopic (exact) mass is 199 g/mol. The Morgan fingerprint density at radius 1 is 1.38 bits per heavy atom. The molecule has 13 heavy (non-hydrogen) atoms. The van der Waals surface area contributed by atoms with Gasteiger partial charge in [0.1, 0.15) is 5.01 Å². The van der Waals surface area contributed by atoms with Crippen LogP contribution < -0.4 is 11.1 Å². The zero-order valence-corrected chi connectivity index (χ0v) is 8.65. The van der Waals surface area contributed by atoms with Crippen molar-refractivity contribution < 1.29 is 0 Å². The van der Waals surface area contributed by atoms with Crippen LogP contribution in [0.1, 0.15) is 24.3 Å². The van der Waals surface area contributed by atoms with Crippen molar-refractivity contribution in [2.75, 3.05) is 13.1 Å². The maximum absolute atomic E-state index is 5.39. The molecule has 0 aliphatic heterocycles. The van der Waals surface area contributed by atoms with Gasteiger partial charge in [0.15, 0.2) is 0 Å². The molecule has 0 aliphatic rings. The Balaban J connectivity index is 1.90. The lowest BCUT2D eigenvalue weighted by Gasteiger charge is -2.01. The van der Waals surface area contributed by atoms with E-state index in [9.17, 15) is 0 Å². The second-order valence-electron chi connectivity index (χ2n) is 2.95. The van der Waals surface area contributed by atoms with Crippen LogP contribution in [0, 0.1) is 0 Å². The van der Waals surface area contributed by atoms with Crippen molar-refractivity contribution in [1.82, 2.24) is 10.3 Å². The van der Waals surface area contributed by atoms with Gasteiger partial charge in [0, 0.05) is 18.1 Å². The minimum Gasteiger partial charge on any atom is -0.330 e. The molecule has 0 fully saturated rings. The number of nitrogens with two attached hydrogens (primary N) is 1. The van der Waals surface area contributed by atoms with Crippen molar-refractivity contribution in [1.29, 1.82) is 0 Å². The molecule has 74 valence electrons. The Labute approximate surface area is 83.4 Å². The van der Waals surface area contributed by atoms with Gasteiger partial charge < -0.3 is 11.1 Å². The third-order valence-electron chi connectivity index (χ3n) is 1.82. The van der Waals surface area contributed by atoms with Gasteiger partial charge in [-0.05, 0) is 25.9 Å². The van der Waals surface area contributed by atoms with Gasteiger partial charge >= 0.3 is 0 Å². The van der Waals surface area contributed by atoms with Gasteiger partial charge in [-0.15, -0.1) is 11.3 Å². The molecule has 1 aromatic rings. The first kappa shape index (κ1) is 10.6. The number of unbranched alkanes of at least 4 members (excludes halogenated alkanes) is 2. The molecule has 0 aromatic carbocycles. The molecule has 0 amide bonds. The number of nitrogens with one attached hydrogen (secondary N) is 1. The highest BCUT2D eigenvalue weighted by Gasteiger charge is 1.93. The molecule has 0 spiro atoms. The first-order chi connectivity index (χ1) is 6.43. The Bertz CT molecular complexity index is 199. The lowest BCUT2D eigenvalue weighted by Crippen LogP contribution is -2.14. The molecule has 1 aromatic heterocycles. The molecule has 1 rings (SSSR count). The largest absolute Gasteiger partial charge is 0.330 e. The summed E-state index contributed by atoms with van der Waals surface area (Å²) in [5.41, 5.74) is 5.39. The molecule has 4 heteroatoms. The molecule has 0 radical (unpaired) electrons. The topological polar surface area (TPSA) is 50.9 Å². The van der Waals surface area contributed by atoms with Crippen LogP contribution in [-0.2, 0) is 6.54 Å². The van der Waals surface area contributed by atoms with Crippen LogP contribution in [0.3, 0.4) is 0 Å². The summed E-state index contributed by atoms with van der Waals surface area (Å²) in [4.78, 5) is 4.19. The van der Waals surface area contributed by atoms with E-state index in [0.29, 0.717) is 0 Å². The quantitative estimate of drug-likeness (QED) is 0.652. The van der Waals surface area contributed by atoms with Crippen LogP contribution in [-0.4, -0.2) is 18.1 Å². The summed E-state index contributed by atoms with van der Waals surface area (Å²) in [5, 5.41) is 6.52. The molecule has 0 saturated carbocycles. The van der Waals surface area contributed by atoms with Crippen LogP contribution in [0.4, 0.5) is 0 Å². The van der Waals surface area contributed by atoms with Crippen LogP contribution in [0.25, 0.3) is 0 Å². The molecule has 0 saturated heterocycles. The first-order valence-electron chi connectivity index (χ1n) is 4.72. The van der Waals surface area contributed by atoms with E-state index in [-0.39, 0.29) is 0 Å². The second-order valence-corrected chi connectivity index (χ2v) is 3.93. The fourth-order valence-corrected chi connectivity index (χ4v) is 1.69. The van der Waals surface area contributed by atoms with E-state index in [4.69, 9.17) is 5.73 Å². The fraction of sp³-hybridized carbons (Fsp3) is 0.667. The van der Waals surface area contributed by atoms with Gasteiger partial charge in [-0.2, -0.15) is 0 Å². The highest BCUT2D eigenvalue weighted by molar-refractivity contribution is 7.09. The Kier molecular flexibility index (Phi) is 5.73. The molecule has 3 N–H and O–H groups in total. The van der Waals surface area contributed by atoms with Gasteiger partial charge in [-0.25, -0.2) is 4.98 Å². The summed E-state index contributed by atoms with van der Waals surface area (Å²) in [6, 6.07) is 0.